The second-order valence-electron chi connectivity index (χ2n) is 6.66. The molecule has 5 nitrogen and oxygen atoms in total. The summed E-state index contributed by atoms with van der Waals surface area (Å²) in [4.78, 5) is 29.1. The Labute approximate surface area is 144 Å². The first-order valence-corrected chi connectivity index (χ1v) is 9.10. The summed E-state index contributed by atoms with van der Waals surface area (Å²) < 4.78 is 0. The number of carbonyl (C=O) groups is 2. The van der Waals surface area contributed by atoms with E-state index in [4.69, 9.17) is 0 Å². The van der Waals surface area contributed by atoms with Crippen LogP contribution in [0.5, 0.6) is 0 Å². The summed E-state index contributed by atoms with van der Waals surface area (Å²) in [5.41, 5.74) is 1.97. The molecule has 2 aliphatic rings. The Morgan fingerprint density at radius 2 is 1.92 bits per heavy atom. The Morgan fingerprint density at radius 3 is 2.67 bits per heavy atom. The Kier molecular flexibility index (Phi) is 5.51. The molecule has 1 aromatic carbocycles. The van der Waals surface area contributed by atoms with E-state index in [9.17, 15) is 9.59 Å². The van der Waals surface area contributed by atoms with Crippen molar-refractivity contribution in [3.05, 3.63) is 29.8 Å². The Hall–Kier alpha value is -1.88. The lowest BCUT2D eigenvalue weighted by Crippen LogP contribution is -2.49. The third-order valence-electron chi connectivity index (χ3n) is 5.03. The Balaban J connectivity index is 1.60. The van der Waals surface area contributed by atoms with Crippen LogP contribution < -0.4 is 10.2 Å². The quantitative estimate of drug-likeness (QED) is 0.898. The molecule has 5 heteroatoms. The van der Waals surface area contributed by atoms with Gasteiger partial charge in [0.2, 0.25) is 11.8 Å². The van der Waals surface area contributed by atoms with Crippen LogP contribution in [-0.2, 0) is 16.0 Å². The van der Waals surface area contributed by atoms with Crippen molar-refractivity contribution >= 4 is 17.5 Å². The molecular weight excluding hydrogens is 302 g/mol. The van der Waals surface area contributed by atoms with Gasteiger partial charge in [-0.05, 0) is 37.6 Å². The van der Waals surface area contributed by atoms with Crippen molar-refractivity contribution in [2.24, 2.45) is 0 Å². The first-order chi connectivity index (χ1) is 11.7. The van der Waals surface area contributed by atoms with Gasteiger partial charge in [0, 0.05) is 31.6 Å². The Bertz CT molecular complexity index is 596. The predicted octanol–water partition coefficient (Wildman–Crippen LogP) is 1.96. The summed E-state index contributed by atoms with van der Waals surface area (Å²) in [7, 11) is 0. The highest BCUT2D eigenvalue weighted by Gasteiger charge is 2.37. The van der Waals surface area contributed by atoms with Crippen LogP contribution in [0.25, 0.3) is 0 Å². The van der Waals surface area contributed by atoms with Crippen LogP contribution in [-0.4, -0.2) is 48.9 Å². The lowest BCUT2D eigenvalue weighted by molar-refractivity contribution is -0.126. The van der Waals surface area contributed by atoms with E-state index >= 15 is 0 Å². The minimum Gasteiger partial charge on any atom is -0.353 e. The maximum Gasteiger partial charge on any atom is 0.243 e. The van der Waals surface area contributed by atoms with E-state index in [0.29, 0.717) is 19.4 Å². The van der Waals surface area contributed by atoms with E-state index in [1.54, 1.807) is 4.90 Å². The molecule has 1 atom stereocenters. The number of piperidine rings is 1. The number of hydrogen-bond donors (Lipinski definition) is 1. The summed E-state index contributed by atoms with van der Waals surface area (Å²) in [6, 6.07) is 7.42. The lowest BCUT2D eigenvalue weighted by atomic mass is 10.1. The van der Waals surface area contributed by atoms with E-state index in [1.165, 1.54) is 19.3 Å². The number of carbonyl (C=O) groups excluding carboxylic acids is 2. The van der Waals surface area contributed by atoms with E-state index in [1.807, 2.05) is 31.2 Å². The fourth-order valence-electron chi connectivity index (χ4n) is 3.71. The zero-order chi connectivity index (χ0) is 16.9. The van der Waals surface area contributed by atoms with E-state index in [-0.39, 0.29) is 11.8 Å². The summed E-state index contributed by atoms with van der Waals surface area (Å²) in [6.45, 7) is 5.65. The third-order valence-corrected chi connectivity index (χ3v) is 5.03. The monoisotopic (exact) mass is 329 g/mol. The van der Waals surface area contributed by atoms with Gasteiger partial charge in [-0.15, -0.1) is 0 Å². The van der Waals surface area contributed by atoms with Crippen molar-refractivity contribution in [2.75, 3.05) is 31.1 Å². The summed E-state index contributed by atoms with van der Waals surface area (Å²) >= 11 is 0. The van der Waals surface area contributed by atoms with Gasteiger partial charge in [0.15, 0.2) is 0 Å². The molecule has 1 N–H and O–H groups in total. The third kappa shape index (κ3) is 3.61. The van der Waals surface area contributed by atoms with Crippen molar-refractivity contribution in [1.82, 2.24) is 10.2 Å². The molecule has 0 saturated carbocycles. The van der Waals surface area contributed by atoms with Crippen LogP contribution >= 0.6 is 0 Å². The molecule has 24 heavy (non-hydrogen) atoms. The second kappa shape index (κ2) is 7.79. The molecule has 2 aliphatic heterocycles. The van der Waals surface area contributed by atoms with Gasteiger partial charge < -0.3 is 10.2 Å². The summed E-state index contributed by atoms with van der Waals surface area (Å²) in [6.07, 6.45) is 4.84. The number of amides is 2. The molecule has 0 aliphatic carbocycles. The van der Waals surface area contributed by atoms with Crippen LogP contribution in [0.2, 0.25) is 0 Å². The number of nitrogens with zero attached hydrogens (tertiary/aromatic N) is 2. The summed E-state index contributed by atoms with van der Waals surface area (Å²) in [5.74, 6) is -0.0267. The highest BCUT2D eigenvalue weighted by molar-refractivity contribution is 6.03. The molecule has 1 saturated heterocycles. The Morgan fingerprint density at radius 1 is 1.17 bits per heavy atom. The fourth-order valence-corrected chi connectivity index (χ4v) is 3.71. The molecule has 1 fully saturated rings. The number of benzene rings is 1. The van der Waals surface area contributed by atoms with E-state index < -0.39 is 6.04 Å². The van der Waals surface area contributed by atoms with Gasteiger partial charge in [-0.3, -0.25) is 14.5 Å². The number of nitrogens with one attached hydrogen (secondary N) is 1. The van der Waals surface area contributed by atoms with Crippen LogP contribution in [0, 0.1) is 0 Å². The maximum absolute atomic E-state index is 12.7. The number of likely N-dealkylation sites (tertiary alicyclic amines) is 1. The van der Waals surface area contributed by atoms with Crippen molar-refractivity contribution in [2.45, 2.75) is 45.1 Å². The molecule has 2 heterocycles. The van der Waals surface area contributed by atoms with Gasteiger partial charge in [0.25, 0.3) is 0 Å². The van der Waals surface area contributed by atoms with Crippen LogP contribution in [0.1, 0.15) is 38.2 Å². The topological polar surface area (TPSA) is 52.7 Å². The number of para-hydroxylation sites is 1. The average Bonchev–Trinajstić information content (AvgIpc) is 3.01. The zero-order valence-electron chi connectivity index (χ0n) is 14.5. The largest absolute Gasteiger partial charge is 0.353 e. The minimum absolute atomic E-state index is 0.0103. The molecule has 0 radical (unpaired) electrons. The normalized spacial score (nSPS) is 20.7. The molecule has 0 aromatic heterocycles. The van der Waals surface area contributed by atoms with Crippen molar-refractivity contribution < 1.29 is 9.59 Å². The number of hydrogen-bond acceptors (Lipinski definition) is 3. The molecule has 0 bridgehead atoms. The lowest BCUT2D eigenvalue weighted by Gasteiger charge is -2.27. The van der Waals surface area contributed by atoms with Gasteiger partial charge in [-0.1, -0.05) is 31.5 Å². The molecule has 2 amide bonds. The maximum atomic E-state index is 12.7. The van der Waals surface area contributed by atoms with Gasteiger partial charge in [-0.2, -0.15) is 0 Å². The first kappa shape index (κ1) is 17.0. The molecule has 1 aromatic rings. The minimum atomic E-state index is -0.406. The second-order valence-corrected chi connectivity index (χ2v) is 6.66. The molecule has 0 spiro atoms. The number of anilines is 1. The molecular formula is C19H27N3O2. The van der Waals surface area contributed by atoms with Crippen molar-refractivity contribution in [3.8, 4) is 0 Å². The zero-order valence-corrected chi connectivity index (χ0v) is 14.5. The average molecular weight is 329 g/mol. The van der Waals surface area contributed by atoms with Crippen molar-refractivity contribution in [1.29, 1.82) is 0 Å². The molecule has 130 valence electrons. The van der Waals surface area contributed by atoms with Crippen molar-refractivity contribution in [3.63, 3.8) is 0 Å². The first-order valence-electron chi connectivity index (χ1n) is 9.10. The van der Waals surface area contributed by atoms with Crippen LogP contribution in [0.4, 0.5) is 5.69 Å². The van der Waals surface area contributed by atoms with E-state index in [2.05, 4.69) is 10.2 Å². The SMILES string of the molecule is CCC(=O)N1c2ccccc2C[C@@H]1C(=O)NCCN1CCCCC1. The van der Waals surface area contributed by atoms with Crippen LogP contribution in [0.3, 0.4) is 0 Å². The smallest absolute Gasteiger partial charge is 0.243 e. The molecule has 0 unspecified atom stereocenters. The number of rotatable bonds is 5. The van der Waals surface area contributed by atoms with Gasteiger partial charge in [-0.25, -0.2) is 0 Å². The van der Waals surface area contributed by atoms with Gasteiger partial charge in [0.05, 0.1) is 0 Å². The van der Waals surface area contributed by atoms with E-state index in [0.717, 1.165) is 30.9 Å². The highest BCUT2D eigenvalue weighted by Crippen LogP contribution is 2.32. The molecule has 3 rings (SSSR count). The highest BCUT2D eigenvalue weighted by atomic mass is 16.2. The van der Waals surface area contributed by atoms with Gasteiger partial charge >= 0.3 is 0 Å². The standard InChI is InChI=1S/C19H27N3O2/c1-2-18(23)22-16-9-5-4-8-15(16)14-17(22)19(24)20-10-13-21-11-6-3-7-12-21/h4-5,8-9,17H,2-3,6-7,10-14H2,1H3,(H,20,24)/t17-/m1/s1. The number of fused-ring (bicyclic) bond motifs is 1. The summed E-state index contributed by atoms with van der Waals surface area (Å²) in [5, 5.41) is 3.04. The predicted molar refractivity (Wildman–Crippen MR) is 95.0 cm³/mol. The van der Waals surface area contributed by atoms with Gasteiger partial charge in [0.1, 0.15) is 6.04 Å². The van der Waals surface area contributed by atoms with Crippen LogP contribution in [0.15, 0.2) is 24.3 Å². The fraction of sp³-hybridized carbons (Fsp3) is 0.579.